The van der Waals surface area contributed by atoms with Crippen molar-refractivity contribution in [2.45, 2.75) is 33.7 Å². The lowest BCUT2D eigenvalue weighted by atomic mass is 10.2. The highest BCUT2D eigenvalue weighted by atomic mass is 16.5. The number of nitrogens with zero attached hydrogens (tertiary/aromatic N) is 1. The van der Waals surface area contributed by atoms with E-state index in [2.05, 4.69) is 34.8 Å². The number of amides is 1. The summed E-state index contributed by atoms with van der Waals surface area (Å²) in [6.07, 6.45) is 2.47. The number of guanidine groups is 1. The number of rotatable bonds is 11. The second-order valence-electron chi connectivity index (χ2n) is 5.80. The van der Waals surface area contributed by atoms with Gasteiger partial charge in [-0.15, -0.1) is 0 Å². The van der Waals surface area contributed by atoms with Crippen LogP contribution >= 0.6 is 0 Å². The van der Waals surface area contributed by atoms with Crippen LogP contribution in [0.15, 0.2) is 27.8 Å². The summed E-state index contributed by atoms with van der Waals surface area (Å²) >= 11 is 0. The number of aliphatic imine (C=N–C) groups is 1. The van der Waals surface area contributed by atoms with Crippen LogP contribution in [-0.2, 0) is 16.1 Å². The van der Waals surface area contributed by atoms with E-state index in [4.69, 9.17) is 9.15 Å². The van der Waals surface area contributed by atoms with Crippen LogP contribution in [0.3, 0.4) is 0 Å². The third-order valence-electron chi connectivity index (χ3n) is 2.97. The van der Waals surface area contributed by atoms with E-state index in [9.17, 15) is 4.79 Å². The Hall–Kier alpha value is -2.02. The monoisotopic (exact) mass is 338 g/mol. The van der Waals surface area contributed by atoms with Gasteiger partial charge in [-0.1, -0.05) is 13.8 Å². The van der Waals surface area contributed by atoms with Gasteiger partial charge in [-0.05, 0) is 31.4 Å². The fraction of sp³-hybridized carbons (Fsp3) is 0.647. The van der Waals surface area contributed by atoms with E-state index < -0.39 is 0 Å². The van der Waals surface area contributed by atoms with Crippen LogP contribution in [0, 0.1) is 5.92 Å². The molecule has 136 valence electrons. The summed E-state index contributed by atoms with van der Waals surface area (Å²) in [5, 5.41) is 9.07. The van der Waals surface area contributed by atoms with E-state index in [0.29, 0.717) is 25.0 Å². The molecular formula is C17H30N4O3. The average Bonchev–Trinajstić information content (AvgIpc) is 3.07. The minimum atomic E-state index is -0.149. The van der Waals surface area contributed by atoms with Gasteiger partial charge in [0.25, 0.3) is 0 Å². The Bertz CT molecular complexity index is 472. The molecule has 24 heavy (non-hydrogen) atoms. The lowest BCUT2D eigenvalue weighted by molar-refractivity contribution is -0.119. The molecular weight excluding hydrogens is 308 g/mol. The zero-order valence-corrected chi connectivity index (χ0v) is 14.9. The van der Waals surface area contributed by atoms with Crippen molar-refractivity contribution in [2.24, 2.45) is 10.9 Å². The van der Waals surface area contributed by atoms with Crippen LogP contribution in [0.2, 0.25) is 0 Å². The molecule has 0 aromatic carbocycles. The summed E-state index contributed by atoms with van der Waals surface area (Å²) in [5.74, 6) is 1.76. The van der Waals surface area contributed by atoms with Gasteiger partial charge in [-0.3, -0.25) is 4.79 Å². The molecule has 0 saturated carbocycles. The van der Waals surface area contributed by atoms with Gasteiger partial charge in [0, 0.05) is 26.3 Å². The van der Waals surface area contributed by atoms with Crippen LogP contribution in [0.4, 0.5) is 0 Å². The molecule has 0 fully saturated rings. The van der Waals surface area contributed by atoms with Gasteiger partial charge in [-0.2, -0.15) is 0 Å². The maximum absolute atomic E-state index is 11.8. The number of nitrogens with one attached hydrogen (secondary N) is 3. The molecule has 0 bridgehead atoms. The lowest BCUT2D eigenvalue weighted by Crippen LogP contribution is -2.39. The second kappa shape index (κ2) is 12.4. The zero-order chi connectivity index (χ0) is 17.6. The Balaban J connectivity index is 2.21. The Morgan fingerprint density at radius 1 is 1.33 bits per heavy atom. The first-order valence-electron chi connectivity index (χ1n) is 8.50. The quantitative estimate of drug-likeness (QED) is 0.323. The molecule has 1 aromatic heterocycles. The van der Waals surface area contributed by atoms with Crippen molar-refractivity contribution in [3.05, 3.63) is 24.2 Å². The summed E-state index contributed by atoms with van der Waals surface area (Å²) < 4.78 is 10.7. The Morgan fingerprint density at radius 3 is 2.83 bits per heavy atom. The summed E-state index contributed by atoms with van der Waals surface area (Å²) in [5.41, 5.74) is 0. The van der Waals surface area contributed by atoms with Gasteiger partial charge in [0.1, 0.15) is 12.3 Å². The van der Waals surface area contributed by atoms with Gasteiger partial charge in [0.15, 0.2) is 5.96 Å². The fourth-order valence-electron chi connectivity index (χ4n) is 1.85. The molecule has 0 aliphatic heterocycles. The third-order valence-corrected chi connectivity index (χ3v) is 2.97. The summed E-state index contributed by atoms with van der Waals surface area (Å²) in [6, 6.07) is 3.61. The summed E-state index contributed by atoms with van der Waals surface area (Å²) in [4.78, 5) is 16.1. The van der Waals surface area contributed by atoms with Gasteiger partial charge in [-0.25, -0.2) is 4.99 Å². The van der Waals surface area contributed by atoms with Crippen LogP contribution in [0.1, 0.15) is 33.0 Å². The minimum Gasteiger partial charge on any atom is -0.467 e. The summed E-state index contributed by atoms with van der Waals surface area (Å²) in [6.45, 7) is 9.68. The maximum Gasteiger partial charge on any atom is 0.242 e. The molecule has 3 N–H and O–H groups in total. The van der Waals surface area contributed by atoms with Crippen LogP contribution in [0.25, 0.3) is 0 Å². The molecule has 0 saturated heterocycles. The Kier molecular flexibility index (Phi) is 10.4. The number of hydrogen-bond donors (Lipinski definition) is 3. The first-order valence-corrected chi connectivity index (χ1v) is 8.50. The van der Waals surface area contributed by atoms with Gasteiger partial charge in [0.05, 0.1) is 12.8 Å². The largest absolute Gasteiger partial charge is 0.467 e. The van der Waals surface area contributed by atoms with Crippen molar-refractivity contribution < 1.29 is 13.9 Å². The Labute approximate surface area is 144 Å². The van der Waals surface area contributed by atoms with E-state index in [1.807, 2.05) is 13.0 Å². The van der Waals surface area contributed by atoms with Crippen molar-refractivity contribution in [3.63, 3.8) is 0 Å². The molecule has 7 nitrogen and oxygen atoms in total. The van der Waals surface area contributed by atoms with Crippen LogP contribution in [-0.4, -0.2) is 44.7 Å². The third kappa shape index (κ3) is 9.89. The lowest BCUT2D eigenvalue weighted by Gasteiger charge is -2.12. The van der Waals surface area contributed by atoms with Gasteiger partial charge < -0.3 is 25.1 Å². The summed E-state index contributed by atoms with van der Waals surface area (Å²) in [7, 11) is 0. The van der Waals surface area contributed by atoms with E-state index in [0.717, 1.165) is 31.9 Å². The number of ether oxygens (including phenoxy) is 1. The molecule has 7 heteroatoms. The molecule has 1 heterocycles. The molecule has 1 amide bonds. The van der Waals surface area contributed by atoms with Crippen molar-refractivity contribution >= 4 is 11.9 Å². The highest BCUT2D eigenvalue weighted by Crippen LogP contribution is 1.98. The molecule has 0 aliphatic rings. The normalized spacial score (nSPS) is 11.6. The SMILES string of the molecule is CCNC(=NCC(=O)NCc1ccco1)NCCCOCC(C)C. The number of furan rings is 1. The number of hydrogen-bond acceptors (Lipinski definition) is 4. The molecule has 0 radical (unpaired) electrons. The average molecular weight is 338 g/mol. The van der Waals surface area contributed by atoms with E-state index in [-0.39, 0.29) is 12.5 Å². The molecule has 0 atom stereocenters. The fourth-order valence-corrected chi connectivity index (χ4v) is 1.85. The molecule has 0 unspecified atom stereocenters. The molecule has 0 spiro atoms. The van der Waals surface area contributed by atoms with Crippen molar-refractivity contribution in [3.8, 4) is 0 Å². The minimum absolute atomic E-state index is 0.0693. The molecule has 1 aromatic rings. The van der Waals surface area contributed by atoms with Crippen molar-refractivity contribution in [2.75, 3.05) is 32.8 Å². The maximum atomic E-state index is 11.8. The second-order valence-corrected chi connectivity index (χ2v) is 5.80. The highest BCUT2D eigenvalue weighted by Gasteiger charge is 2.03. The van der Waals surface area contributed by atoms with Crippen molar-refractivity contribution in [1.29, 1.82) is 0 Å². The van der Waals surface area contributed by atoms with Gasteiger partial charge in [0.2, 0.25) is 5.91 Å². The van der Waals surface area contributed by atoms with E-state index in [1.165, 1.54) is 0 Å². The predicted octanol–water partition coefficient (Wildman–Crippen LogP) is 1.51. The number of carbonyl (C=O) groups is 1. The first kappa shape index (κ1) is 20.0. The van der Waals surface area contributed by atoms with E-state index in [1.54, 1.807) is 12.3 Å². The smallest absolute Gasteiger partial charge is 0.242 e. The predicted molar refractivity (Wildman–Crippen MR) is 94.8 cm³/mol. The van der Waals surface area contributed by atoms with E-state index >= 15 is 0 Å². The molecule has 1 rings (SSSR count). The molecule has 0 aliphatic carbocycles. The topological polar surface area (TPSA) is 87.9 Å². The Morgan fingerprint density at radius 2 is 2.17 bits per heavy atom. The van der Waals surface area contributed by atoms with Crippen LogP contribution < -0.4 is 16.0 Å². The number of carbonyl (C=O) groups excluding carboxylic acids is 1. The highest BCUT2D eigenvalue weighted by molar-refractivity contribution is 5.84. The van der Waals surface area contributed by atoms with Gasteiger partial charge >= 0.3 is 0 Å². The zero-order valence-electron chi connectivity index (χ0n) is 14.9. The first-order chi connectivity index (χ1) is 11.6. The standard InChI is InChI=1S/C17H30N4O3/c1-4-18-17(19-8-6-9-23-13-14(2)3)21-12-16(22)20-11-15-7-5-10-24-15/h5,7,10,14H,4,6,8-9,11-13H2,1-3H3,(H,20,22)(H2,18,19,21). The van der Waals surface area contributed by atoms with Crippen molar-refractivity contribution in [1.82, 2.24) is 16.0 Å². The van der Waals surface area contributed by atoms with Crippen LogP contribution in [0.5, 0.6) is 0 Å².